The predicted molar refractivity (Wildman–Crippen MR) is 98.2 cm³/mol. The van der Waals surface area contributed by atoms with Gasteiger partial charge in [0.15, 0.2) is 0 Å². The first-order chi connectivity index (χ1) is 12.9. The molecular weight excluding hydrogens is 350 g/mol. The molecule has 2 fully saturated rings. The van der Waals surface area contributed by atoms with Crippen molar-refractivity contribution in [2.24, 2.45) is 5.92 Å². The predicted octanol–water partition coefficient (Wildman–Crippen LogP) is 1.40. The van der Waals surface area contributed by atoms with Gasteiger partial charge in [0, 0.05) is 38.3 Å². The minimum Gasteiger partial charge on any atom is -0.450 e. The third-order valence-corrected chi connectivity index (χ3v) is 4.99. The van der Waals surface area contributed by atoms with Crippen LogP contribution in [0.4, 0.5) is 10.5 Å². The summed E-state index contributed by atoms with van der Waals surface area (Å²) in [7, 11) is 0. The van der Waals surface area contributed by atoms with Gasteiger partial charge in [0.2, 0.25) is 11.8 Å². The van der Waals surface area contributed by atoms with Gasteiger partial charge >= 0.3 is 6.09 Å². The first-order valence-corrected chi connectivity index (χ1v) is 9.47. The van der Waals surface area contributed by atoms with Crippen molar-refractivity contribution in [2.75, 3.05) is 38.1 Å². The van der Waals surface area contributed by atoms with Crippen molar-refractivity contribution in [3.8, 4) is 0 Å². The minimum atomic E-state index is -0.482. The molecule has 1 N–H and O–H groups in total. The first kappa shape index (κ1) is 19.2. The molecule has 1 saturated carbocycles. The largest absolute Gasteiger partial charge is 0.450 e. The van der Waals surface area contributed by atoms with E-state index in [0.717, 1.165) is 12.8 Å². The first-order valence-electron chi connectivity index (χ1n) is 9.47. The maximum atomic E-state index is 12.8. The molecule has 2 heterocycles. The summed E-state index contributed by atoms with van der Waals surface area (Å²) in [5.41, 5.74) is 1.34. The Kier molecular flexibility index (Phi) is 5.67. The molecule has 3 amide bonds. The lowest BCUT2D eigenvalue weighted by Gasteiger charge is -2.35. The lowest BCUT2D eigenvalue weighted by molar-refractivity contribution is -0.136. The lowest BCUT2D eigenvalue weighted by atomic mass is 10.2. The number of carbonyl (C=O) groups excluding carboxylic acids is 3. The third-order valence-electron chi connectivity index (χ3n) is 4.99. The van der Waals surface area contributed by atoms with Crippen LogP contribution in [0.2, 0.25) is 0 Å². The van der Waals surface area contributed by atoms with E-state index in [4.69, 9.17) is 4.74 Å². The average Bonchev–Trinajstić information content (AvgIpc) is 3.45. The van der Waals surface area contributed by atoms with Crippen molar-refractivity contribution in [3.05, 3.63) is 11.9 Å². The fraction of sp³-hybridized carbons (Fsp3) is 0.667. The van der Waals surface area contributed by atoms with E-state index >= 15 is 0 Å². The highest BCUT2D eigenvalue weighted by Gasteiger charge is 2.31. The van der Waals surface area contributed by atoms with E-state index in [0.29, 0.717) is 44.2 Å². The standard InChI is InChI=1S/C18H27N5O4/c1-4-27-18(26)22-9-7-21(8-10-22)17(25)13(3)23-11-15(12(2)20-23)19-16(24)14-5-6-14/h11,13-14H,4-10H2,1-3H3,(H,19,24). The number of aromatic nitrogens is 2. The zero-order valence-electron chi connectivity index (χ0n) is 16.1. The van der Waals surface area contributed by atoms with Gasteiger partial charge < -0.3 is 19.9 Å². The number of hydrogen-bond donors (Lipinski definition) is 1. The molecule has 2 aliphatic rings. The average molecular weight is 377 g/mol. The Balaban J connectivity index is 1.57. The highest BCUT2D eigenvalue weighted by molar-refractivity contribution is 5.94. The maximum absolute atomic E-state index is 12.8. The SMILES string of the molecule is CCOC(=O)N1CCN(C(=O)C(C)n2cc(NC(=O)C3CC3)c(C)n2)CC1. The number of anilines is 1. The van der Waals surface area contributed by atoms with Gasteiger partial charge in [0.05, 0.1) is 18.0 Å². The van der Waals surface area contributed by atoms with Gasteiger partial charge in [-0.2, -0.15) is 5.10 Å². The Bertz CT molecular complexity index is 719. The van der Waals surface area contributed by atoms with Crippen LogP contribution in [0.3, 0.4) is 0 Å². The smallest absolute Gasteiger partial charge is 0.409 e. The summed E-state index contributed by atoms with van der Waals surface area (Å²) in [6.07, 6.45) is 3.25. The summed E-state index contributed by atoms with van der Waals surface area (Å²) in [6, 6.07) is -0.482. The summed E-state index contributed by atoms with van der Waals surface area (Å²) >= 11 is 0. The summed E-state index contributed by atoms with van der Waals surface area (Å²) in [4.78, 5) is 39.9. The van der Waals surface area contributed by atoms with Crippen molar-refractivity contribution >= 4 is 23.6 Å². The second kappa shape index (κ2) is 7.98. The van der Waals surface area contributed by atoms with Crippen molar-refractivity contribution in [2.45, 2.75) is 39.7 Å². The quantitative estimate of drug-likeness (QED) is 0.837. The van der Waals surface area contributed by atoms with E-state index in [1.807, 2.05) is 6.92 Å². The zero-order chi connectivity index (χ0) is 19.6. The van der Waals surface area contributed by atoms with Gasteiger partial charge in [-0.1, -0.05) is 0 Å². The number of carbonyl (C=O) groups is 3. The van der Waals surface area contributed by atoms with Gasteiger partial charge in [0.1, 0.15) is 6.04 Å². The van der Waals surface area contributed by atoms with Crippen LogP contribution in [-0.4, -0.2) is 70.3 Å². The lowest BCUT2D eigenvalue weighted by Crippen LogP contribution is -2.52. The molecule has 27 heavy (non-hydrogen) atoms. The maximum Gasteiger partial charge on any atom is 0.409 e. The molecule has 9 heteroatoms. The fourth-order valence-electron chi connectivity index (χ4n) is 3.08. The van der Waals surface area contributed by atoms with Crippen LogP contribution < -0.4 is 5.32 Å². The van der Waals surface area contributed by atoms with Crippen LogP contribution >= 0.6 is 0 Å². The molecule has 1 aliphatic heterocycles. The van der Waals surface area contributed by atoms with Gasteiger partial charge in [-0.25, -0.2) is 4.79 Å². The van der Waals surface area contributed by atoms with Crippen LogP contribution in [0.1, 0.15) is 38.4 Å². The Morgan fingerprint density at radius 3 is 2.44 bits per heavy atom. The van der Waals surface area contributed by atoms with Gasteiger partial charge in [-0.3, -0.25) is 14.3 Å². The van der Waals surface area contributed by atoms with Crippen molar-refractivity contribution in [3.63, 3.8) is 0 Å². The van der Waals surface area contributed by atoms with Gasteiger partial charge in [-0.15, -0.1) is 0 Å². The molecule has 148 valence electrons. The van der Waals surface area contributed by atoms with Gasteiger partial charge in [-0.05, 0) is 33.6 Å². The third kappa shape index (κ3) is 4.40. The van der Waals surface area contributed by atoms with E-state index < -0.39 is 6.04 Å². The van der Waals surface area contributed by atoms with Crippen LogP contribution in [-0.2, 0) is 14.3 Å². The van der Waals surface area contributed by atoms with Crippen LogP contribution in [0.25, 0.3) is 0 Å². The number of ether oxygens (including phenoxy) is 1. The number of aryl methyl sites for hydroxylation is 1. The monoisotopic (exact) mass is 377 g/mol. The van der Waals surface area contributed by atoms with E-state index in [2.05, 4.69) is 10.4 Å². The van der Waals surface area contributed by atoms with Gasteiger partial charge in [0.25, 0.3) is 0 Å². The molecule has 0 bridgehead atoms. The molecule has 1 atom stereocenters. The number of nitrogens with zero attached hydrogens (tertiary/aromatic N) is 4. The van der Waals surface area contributed by atoms with Crippen LogP contribution in [0, 0.1) is 12.8 Å². The van der Waals surface area contributed by atoms with E-state index in [1.165, 1.54) is 0 Å². The molecule has 0 radical (unpaired) electrons. The number of nitrogens with one attached hydrogen (secondary N) is 1. The van der Waals surface area contributed by atoms with E-state index in [1.54, 1.807) is 34.5 Å². The van der Waals surface area contributed by atoms with Crippen LogP contribution in [0.5, 0.6) is 0 Å². The molecule has 1 aromatic rings. The van der Waals surface area contributed by atoms with E-state index in [9.17, 15) is 14.4 Å². The molecule has 1 unspecified atom stereocenters. The Hall–Kier alpha value is -2.58. The highest BCUT2D eigenvalue weighted by Crippen LogP contribution is 2.30. The second-order valence-electron chi connectivity index (χ2n) is 7.06. The topological polar surface area (TPSA) is 96.8 Å². The van der Waals surface area contributed by atoms with E-state index in [-0.39, 0.29) is 23.8 Å². The molecule has 1 saturated heterocycles. The number of amides is 3. The minimum absolute atomic E-state index is 0.0201. The highest BCUT2D eigenvalue weighted by atomic mass is 16.6. The summed E-state index contributed by atoms with van der Waals surface area (Å²) in [6.45, 7) is 7.56. The molecule has 9 nitrogen and oxygen atoms in total. The van der Waals surface area contributed by atoms with Crippen molar-refractivity contribution in [1.82, 2.24) is 19.6 Å². The normalized spacial score (nSPS) is 18.2. The molecule has 1 aliphatic carbocycles. The summed E-state index contributed by atoms with van der Waals surface area (Å²) in [5.74, 6) is 0.0790. The molecule has 0 spiro atoms. The Morgan fingerprint density at radius 2 is 1.85 bits per heavy atom. The Morgan fingerprint density at radius 1 is 1.22 bits per heavy atom. The molecule has 3 rings (SSSR count). The summed E-state index contributed by atoms with van der Waals surface area (Å²) < 4.78 is 6.59. The Labute approximate surface area is 158 Å². The second-order valence-corrected chi connectivity index (χ2v) is 7.06. The van der Waals surface area contributed by atoms with Crippen LogP contribution in [0.15, 0.2) is 6.20 Å². The number of piperazine rings is 1. The number of hydrogen-bond acceptors (Lipinski definition) is 5. The number of rotatable bonds is 5. The zero-order valence-corrected chi connectivity index (χ0v) is 16.1. The van der Waals surface area contributed by atoms with Crippen molar-refractivity contribution in [1.29, 1.82) is 0 Å². The molecule has 1 aromatic heterocycles. The molecule has 0 aromatic carbocycles. The fourth-order valence-corrected chi connectivity index (χ4v) is 3.08. The molecular formula is C18H27N5O4. The van der Waals surface area contributed by atoms with Crippen molar-refractivity contribution < 1.29 is 19.1 Å². The summed E-state index contributed by atoms with van der Waals surface area (Å²) in [5, 5.41) is 7.29.